The van der Waals surface area contributed by atoms with Gasteiger partial charge in [0.05, 0.1) is 0 Å². The van der Waals surface area contributed by atoms with Crippen LogP contribution in [0.2, 0.25) is 5.02 Å². The third kappa shape index (κ3) is 4.55. The van der Waals surface area contributed by atoms with Crippen molar-refractivity contribution in [3.63, 3.8) is 0 Å². The molecule has 4 nitrogen and oxygen atoms in total. The van der Waals surface area contributed by atoms with E-state index < -0.39 is 0 Å². The van der Waals surface area contributed by atoms with E-state index in [0.29, 0.717) is 25.5 Å². The van der Waals surface area contributed by atoms with Crippen molar-refractivity contribution in [1.29, 1.82) is 0 Å². The quantitative estimate of drug-likeness (QED) is 0.872. The molecule has 1 N–H and O–H groups in total. The summed E-state index contributed by atoms with van der Waals surface area (Å²) in [6.07, 6.45) is 3.62. The Bertz CT molecular complexity index is 630. The fraction of sp³-hybridized carbons (Fsp3) is 0.600. The van der Waals surface area contributed by atoms with Gasteiger partial charge in [0.15, 0.2) is 0 Å². The fourth-order valence-corrected chi connectivity index (χ4v) is 3.53. The third-order valence-electron chi connectivity index (χ3n) is 5.43. The molecular weight excluding hydrogens is 336 g/mol. The molecule has 2 amide bonds. The zero-order valence-corrected chi connectivity index (χ0v) is 15.8. The number of rotatable bonds is 5. The van der Waals surface area contributed by atoms with Gasteiger partial charge in [0.25, 0.3) is 0 Å². The van der Waals surface area contributed by atoms with Crippen LogP contribution >= 0.6 is 11.6 Å². The van der Waals surface area contributed by atoms with Gasteiger partial charge in [-0.3, -0.25) is 9.59 Å². The highest BCUT2D eigenvalue weighted by Crippen LogP contribution is 2.32. The molecule has 1 aliphatic carbocycles. The number of carbonyl (C=O) groups is 2. The van der Waals surface area contributed by atoms with Crippen molar-refractivity contribution in [3.8, 4) is 0 Å². The number of benzene rings is 1. The van der Waals surface area contributed by atoms with Gasteiger partial charge >= 0.3 is 0 Å². The standard InChI is InChI=1S/C20H27ClN2O2/c1-20(2,16-5-7-17(21)8-6-16)13-22-18(24)14-9-11-23(12-10-14)19(25)15-3-4-15/h5-8,14-15H,3-4,9-13H2,1-2H3,(H,22,24). The molecule has 1 aromatic rings. The third-order valence-corrected chi connectivity index (χ3v) is 5.69. The van der Waals surface area contributed by atoms with Crippen molar-refractivity contribution in [1.82, 2.24) is 10.2 Å². The van der Waals surface area contributed by atoms with Gasteiger partial charge < -0.3 is 10.2 Å². The number of carbonyl (C=O) groups excluding carboxylic acids is 2. The SMILES string of the molecule is CC(C)(CNC(=O)C1CCN(C(=O)C2CC2)CC1)c1ccc(Cl)cc1. The molecule has 1 saturated carbocycles. The predicted molar refractivity (Wildman–Crippen MR) is 99.5 cm³/mol. The van der Waals surface area contributed by atoms with Gasteiger partial charge in [0.2, 0.25) is 11.8 Å². The Hall–Kier alpha value is -1.55. The number of piperidine rings is 1. The number of halogens is 1. The summed E-state index contributed by atoms with van der Waals surface area (Å²) in [7, 11) is 0. The van der Waals surface area contributed by atoms with Gasteiger partial charge in [-0.25, -0.2) is 0 Å². The first-order valence-corrected chi connectivity index (χ1v) is 9.57. The van der Waals surface area contributed by atoms with E-state index in [1.165, 1.54) is 0 Å². The Morgan fingerprint density at radius 2 is 1.68 bits per heavy atom. The number of likely N-dealkylation sites (tertiary alicyclic amines) is 1. The van der Waals surface area contributed by atoms with Crippen LogP contribution in [-0.4, -0.2) is 36.3 Å². The van der Waals surface area contributed by atoms with E-state index in [-0.39, 0.29) is 23.2 Å². The first kappa shape index (κ1) is 18.2. The molecule has 2 aliphatic rings. The van der Waals surface area contributed by atoms with E-state index in [1.54, 1.807) is 0 Å². The molecule has 0 aromatic heterocycles. The minimum atomic E-state index is -0.150. The van der Waals surface area contributed by atoms with Crippen molar-refractivity contribution in [2.24, 2.45) is 11.8 Å². The number of amides is 2. The highest BCUT2D eigenvalue weighted by Gasteiger charge is 2.36. The number of hydrogen-bond acceptors (Lipinski definition) is 2. The summed E-state index contributed by atoms with van der Waals surface area (Å²) < 4.78 is 0. The van der Waals surface area contributed by atoms with Gasteiger partial charge in [-0.2, -0.15) is 0 Å². The summed E-state index contributed by atoms with van der Waals surface area (Å²) in [4.78, 5) is 26.6. The van der Waals surface area contributed by atoms with E-state index in [0.717, 1.165) is 36.3 Å². The molecule has 0 bridgehead atoms. The smallest absolute Gasteiger partial charge is 0.225 e. The van der Waals surface area contributed by atoms with Crippen LogP contribution in [0, 0.1) is 11.8 Å². The second-order valence-corrected chi connectivity index (χ2v) is 8.42. The van der Waals surface area contributed by atoms with Crippen LogP contribution in [0.25, 0.3) is 0 Å². The maximum absolute atomic E-state index is 12.5. The first-order chi connectivity index (χ1) is 11.9. The van der Waals surface area contributed by atoms with Crippen molar-refractivity contribution < 1.29 is 9.59 Å². The molecule has 5 heteroatoms. The first-order valence-electron chi connectivity index (χ1n) is 9.19. The van der Waals surface area contributed by atoms with Crippen LogP contribution < -0.4 is 5.32 Å². The van der Waals surface area contributed by atoms with Crippen LogP contribution in [0.1, 0.15) is 45.1 Å². The fourth-order valence-electron chi connectivity index (χ4n) is 3.41. The highest BCUT2D eigenvalue weighted by atomic mass is 35.5. The lowest BCUT2D eigenvalue weighted by Crippen LogP contribution is -2.45. The lowest BCUT2D eigenvalue weighted by atomic mass is 9.84. The molecule has 1 saturated heterocycles. The topological polar surface area (TPSA) is 49.4 Å². The molecule has 1 aliphatic heterocycles. The normalized spacial score (nSPS) is 18.9. The highest BCUT2D eigenvalue weighted by molar-refractivity contribution is 6.30. The van der Waals surface area contributed by atoms with Crippen LogP contribution in [-0.2, 0) is 15.0 Å². The Balaban J connectivity index is 1.47. The van der Waals surface area contributed by atoms with Crippen molar-refractivity contribution in [2.45, 2.75) is 44.9 Å². The second kappa shape index (κ2) is 7.36. The summed E-state index contributed by atoms with van der Waals surface area (Å²) in [5.41, 5.74) is 1.00. The molecule has 25 heavy (non-hydrogen) atoms. The van der Waals surface area contributed by atoms with Gasteiger partial charge in [-0.15, -0.1) is 0 Å². The van der Waals surface area contributed by atoms with Crippen molar-refractivity contribution in [2.75, 3.05) is 19.6 Å². The van der Waals surface area contributed by atoms with E-state index >= 15 is 0 Å². The number of hydrogen-bond donors (Lipinski definition) is 1. The monoisotopic (exact) mass is 362 g/mol. The Morgan fingerprint density at radius 1 is 1.08 bits per heavy atom. The molecule has 0 spiro atoms. The Kier molecular flexibility index (Phi) is 5.38. The molecule has 0 radical (unpaired) electrons. The van der Waals surface area contributed by atoms with Crippen molar-refractivity contribution >= 4 is 23.4 Å². The lowest BCUT2D eigenvalue weighted by Gasteiger charge is -2.32. The molecule has 2 fully saturated rings. The lowest BCUT2D eigenvalue weighted by molar-refractivity contribution is -0.136. The number of nitrogens with zero attached hydrogens (tertiary/aromatic N) is 1. The predicted octanol–water partition coefficient (Wildman–Crippen LogP) is 3.38. The van der Waals surface area contributed by atoms with Gasteiger partial charge in [0, 0.05) is 41.9 Å². The molecule has 1 aromatic carbocycles. The Morgan fingerprint density at radius 3 is 2.24 bits per heavy atom. The number of nitrogens with one attached hydrogen (secondary N) is 1. The summed E-state index contributed by atoms with van der Waals surface area (Å²) in [5, 5.41) is 3.83. The van der Waals surface area contributed by atoms with E-state index in [4.69, 9.17) is 11.6 Å². The van der Waals surface area contributed by atoms with Crippen LogP contribution in [0.4, 0.5) is 0 Å². The van der Waals surface area contributed by atoms with E-state index in [1.807, 2.05) is 29.2 Å². The summed E-state index contributed by atoms with van der Waals surface area (Å²) in [5.74, 6) is 0.693. The maximum atomic E-state index is 12.5. The minimum Gasteiger partial charge on any atom is -0.355 e. The molecule has 136 valence electrons. The van der Waals surface area contributed by atoms with E-state index in [9.17, 15) is 9.59 Å². The van der Waals surface area contributed by atoms with Crippen LogP contribution in [0.15, 0.2) is 24.3 Å². The molecule has 0 unspecified atom stereocenters. The van der Waals surface area contributed by atoms with Crippen LogP contribution in [0.3, 0.4) is 0 Å². The Labute approximate surface area is 154 Å². The minimum absolute atomic E-state index is 0.0178. The van der Waals surface area contributed by atoms with Crippen LogP contribution in [0.5, 0.6) is 0 Å². The molecule has 3 rings (SSSR count). The van der Waals surface area contributed by atoms with Gasteiger partial charge in [0.1, 0.15) is 0 Å². The van der Waals surface area contributed by atoms with Crippen molar-refractivity contribution in [3.05, 3.63) is 34.9 Å². The second-order valence-electron chi connectivity index (χ2n) is 7.98. The summed E-state index contributed by atoms with van der Waals surface area (Å²) >= 11 is 5.95. The van der Waals surface area contributed by atoms with Gasteiger partial charge in [-0.1, -0.05) is 37.6 Å². The average Bonchev–Trinajstić information content (AvgIpc) is 3.45. The molecular formula is C20H27ClN2O2. The zero-order chi connectivity index (χ0) is 18.0. The summed E-state index contributed by atoms with van der Waals surface area (Å²) in [6, 6.07) is 7.78. The average molecular weight is 363 g/mol. The zero-order valence-electron chi connectivity index (χ0n) is 15.1. The molecule has 1 heterocycles. The van der Waals surface area contributed by atoms with Gasteiger partial charge in [-0.05, 0) is 43.4 Å². The molecule has 0 atom stereocenters. The van der Waals surface area contributed by atoms with E-state index in [2.05, 4.69) is 19.2 Å². The summed E-state index contributed by atoms with van der Waals surface area (Å²) in [6.45, 7) is 6.26. The largest absolute Gasteiger partial charge is 0.355 e. The maximum Gasteiger partial charge on any atom is 0.225 e.